The van der Waals surface area contributed by atoms with Crippen LogP contribution in [0.15, 0.2) is 0 Å². The van der Waals surface area contributed by atoms with Crippen molar-refractivity contribution in [1.29, 1.82) is 0 Å². The molecule has 0 aliphatic carbocycles. The molecule has 96 valence electrons. The molecule has 0 aliphatic rings. The zero-order valence-electron chi connectivity index (χ0n) is 10.2. The van der Waals surface area contributed by atoms with Gasteiger partial charge >= 0.3 is 0 Å². The van der Waals surface area contributed by atoms with Gasteiger partial charge in [0, 0.05) is 6.54 Å². The molecule has 0 spiro atoms. The van der Waals surface area contributed by atoms with Crippen LogP contribution in [0, 0.1) is 5.92 Å². The van der Waals surface area contributed by atoms with Gasteiger partial charge in [-0.3, -0.25) is 4.79 Å². The van der Waals surface area contributed by atoms with Crippen molar-refractivity contribution in [2.45, 2.75) is 33.6 Å². The molecule has 2 N–H and O–H groups in total. The van der Waals surface area contributed by atoms with Crippen LogP contribution >= 0.6 is 0 Å². The molecule has 0 aliphatic heterocycles. The number of carbonyl (C=O) groups excluding carboxylic acids is 1. The summed E-state index contributed by atoms with van der Waals surface area (Å²) in [4.78, 5) is 11.2. The number of rotatable bonds is 8. The van der Waals surface area contributed by atoms with E-state index in [-0.39, 0.29) is 18.2 Å². The number of sulfonamides is 1. The monoisotopic (exact) mass is 250 g/mol. The molecule has 16 heavy (non-hydrogen) atoms. The third-order valence-electron chi connectivity index (χ3n) is 1.93. The average Bonchev–Trinajstić information content (AvgIpc) is 2.21. The van der Waals surface area contributed by atoms with Crippen molar-refractivity contribution < 1.29 is 13.2 Å². The third kappa shape index (κ3) is 8.67. The quantitative estimate of drug-likeness (QED) is 0.658. The Kier molecular flexibility index (Phi) is 7.33. The highest BCUT2D eigenvalue weighted by Gasteiger charge is 2.11. The molecule has 0 aromatic carbocycles. The molecule has 0 unspecified atom stereocenters. The standard InChI is InChI=1S/C10H22N2O3S/c1-4-5-6-16(14,15)12-8-10(13)11-7-9(2)3/h9,12H,4-8H2,1-3H3,(H,11,13). The molecule has 0 saturated heterocycles. The molecule has 6 heteroatoms. The van der Waals surface area contributed by atoms with Crippen LogP contribution in [0.2, 0.25) is 0 Å². The summed E-state index contributed by atoms with van der Waals surface area (Å²) in [6.45, 7) is 6.27. The number of hydrogen-bond acceptors (Lipinski definition) is 3. The predicted molar refractivity (Wildman–Crippen MR) is 64.5 cm³/mol. The Bertz CT molecular complexity index is 299. The van der Waals surface area contributed by atoms with E-state index in [0.29, 0.717) is 18.9 Å². The molecule has 0 saturated carbocycles. The Morgan fingerprint density at radius 1 is 1.31 bits per heavy atom. The number of unbranched alkanes of at least 4 members (excludes halogenated alkanes) is 1. The van der Waals surface area contributed by atoms with Crippen LogP contribution in [0.25, 0.3) is 0 Å². The Hall–Kier alpha value is -0.620. The van der Waals surface area contributed by atoms with Gasteiger partial charge < -0.3 is 5.32 Å². The fourth-order valence-electron chi connectivity index (χ4n) is 0.962. The van der Waals surface area contributed by atoms with E-state index in [1.165, 1.54) is 0 Å². The van der Waals surface area contributed by atoms with Crippen LogP contribution in [-0.4, -0.2) is 33.2 Å². The van der Waals surface area contributed by atoms with Crippen molar-refractivity contribution in [3.05, 3.63) is 0 Å². The van der Waals surface area contributed by atoms with Crippen LogP contribution in [0.1, 0.15) is 33.6 Å². The van der Waals surface area contributed by atoms with Crippen LogP contribution in [0.3, 0.4) is 0 Å². The zero-order valence-corrected chi connectivity index (χ0v) is 11.1. The molecule has 0 atom stereocenters. The van der Waals surface area contributed by atoms with Crippen molar-refractivity contribution in [1.82, 2.24) is 10.0 Å². The number of carbonyl (C=O) groups is 1. The first-order chi connectivity index (χ1) is 7.37. The highest BCUT2D eigenvalue weighted by Crippen LogP contribution is 1.93. The number of nitrogens with one attached hydrogen (secondary N) is 2. The van der Waals surface area contributed by atoms with Crippen molar-refractivity contribution in [3.63, 3.8) is 0 Å². The molecule has 0 radical (unpaired) electrons. The van der Waals surface area contributed by atoms with Gasteiger partial charge in [0.25, 0.3) is 0 Å². The minimum Gasteiger partial charge on any atom is -0.355 e. The number of hydrogen-bond donors (Lipinski definition) is 2. The largest absolute Gasteiger partial charge is 0.355 e. The highest BCUT2D eigenvalue weighted by atomic mass is 32.2. The van der Waals surface area contributed by atoms with Gasteiger partial charge in [0.1, 0.15) is 0 Å². The second-order valence-electron chi connectivity index (χ2n) is 4.19. The molecular formula is C10H22N2O3S. The van der Waals surface area contributed by atoms with E-state index in [4.69, 9.17) is 0 Å². The Morgan fingerprint density at radius 2 is 1.94 bits per heavy atom. The summed E-state index contributed by atoms with van der Waals surface area (Å²) < 4.78 is 25.0. The first-order valence-electron chi connectivity index (χ1n) is 5.61. The van der Waals surface area contributed by atoms with Gasteiger partial charge in [-0.2, -0.15) is 0 Å². The summed E-state index contributed by atoms with van der Waals surface area (Å²) in [7, 11) is -3.29. The maximum absolute atomic E-state index is 11.3. The predicted octanol–water partition coefficient (Wildman–Crippen LogP) is 0.478. The first-order valence-corrected chi connectivity index (χ1v) is 7.26. The lowest BCUT2D eigenvalue weighted by atomic mass is 10.2. The van der Waals surface area contributed by atoms with Crippen molar-refractivity contribution >= 4 is 15.9 Å². The Balaban J connectivity index is 3.82. The first kappa shape index (κ1) is 15.4. The summed E-state index contributed by atoms with van der Waals surface area (Å²) in [5.41, 5.74) is 0. The summed E-state index contributed by atoms with van der Waals surface area (Å²) in [6.07, 6.45) is 1.43. The molecule has 0 rings (SSSR count). The topological polar surface area (TPSA) is 75.3 Å². The van der Waals surface area contributed by atoms with Crippen LogP contribution < -0.4 is 10.0 Å². The van der Waals surface area contributed by atoms with E-state index in [1.807, 2.05) is 20.8 Å². The fraction of sp³-hybridized carbons (Fsp3) is 0.900. The summed E-state index contributed by atoms with van der Waals surface area (Å²) in [6, 6.07) is 0. The maximum atomic E-state index is 11.3. The van der Waals surface area contributed by atoms with E-state index in [1.54, 1.807) is 0 Å². The molecule has 5 nitrogen and oxygen atoms in total. The summed E-state index contributed by atoms with van der Waals surface area (Å²) in [5, 5.41) is 2.64. The second-order valence-corrected chi connectivity index (χ2v) is 6.12. The number of amides is 1. The lowest BCUT2D eigenvalue weighted by molar-refractivity contribution is -0.120. The molecule has 0 bridgehead atoms. The van der Waals surface area contributed by atoms with E-state index in [0.717, 1.165) is 6.42 Å². The van der Waals surface area contributed by atoms with Gasteiger partial charge in [0.2, 0.25) is 15.9 Å². The zero-order chi connectivity index (χ0) is 12.6. The van der Waals surface area contributed by atoms with Gasteiger partial charge in [0.05, 0.1) is 12.3 Å². The smallest absolute Gasteiger partial charge is 0.235 e. The van der Waals surface area contributed by atoms with Gasteiger partial charge in [-0.1, -0.05) is 27.2 Å². The molecule has 1 amide bonds. The van der Waals surface area contributed by atoms with Crippen LogP contribution in [0.4, 0.5) is 0 Å². The van der Waals surface area contributed by atoms with Gasteiger partial charge in [0.15, 0.2) is 0 Å². The van der Waals surface area contributed by atoms with Crippen molar-refractivity contribution in [2.75, 3.05) is 18.8 Å². The third-order valence-corrected chi connectivity index (χ3v) is 3.34. The van der Waals surface area contributed by atoms with E-state index in [2.05, 4.69) is 10.0 Å². The normalized spacial score (nSPS) is 11.8. The lowest BCUT2D eigenvalue weighted by Gasteiger charge is -2.08. The molecule has 0 aromatic heterocycles. The summed E-state index contributed by atoms with van der Waals surface area (Å²) in [5.74, 6) is 0.162. The minimum atomic E-state index is -3.29. The highest BCUT2D eigenvalue weighted by molar-refractivity contribution is 7.89. The SMILES string of the molecule is CCCCS(=O)(=O)NCC(=O)NCC(C)C. The van der Waals surface area contributed by atoms with E-state index >= 15 is 0 Å². The fourth-order valence-corrected chi connectivity index (χ4v) is 2.13. The van der Waals surface area contributed by atoms with Crippen LogP contribution in [-0.2, 0) is 14.8 Å². The summed E-state index contributed by atoms with van der Waals surface area (Å²) >= 11 is 0. The van der Waals surface area contributed by atoms with Gasteiger partial charge in [-0.05, 0) is 12.3 Å². The molecule has 0 fully saturated rings. The van der Waals surface area contributed by atoms with Crippen LogP contribution in [0.5, 0.6) is 0 Å². The van der Waals surface area contributed by atoms with E-state index < -0.39 is 10.0 Å². The Labute approximate surface area is 98.0 Å². The van der Waals surface area contributed by atoms with Crippen molar-refractivity contribution in [3.8, 4) is 0 Å². The van der Waals surface area contributed by atoms with Gasteiger partial charge in [-0.25, -0.2) is 13.1 Å². The van der Waals surface area contributed by atoms with Crippen molar-refractivity contribution in [2.24, 2.45) is 5.92 Å². The molecule has 0 heterocycles. The molecular weight excluding hydrogens is 228 g/mol. The van der Waals surface area contributed by atoms with Gasteiger partial charge in [-0.15, -0.1) is 0 Å². The maximum Gasteiger partial charge on any atom is 0.235 e. The Morgan fingerprint density at radius 3 is 2.44 bits per heavy atom. The average molecular weight is 250 g/mol. The minimum absolute atomic E-state index is 0.0843. The second kappa shape index (κ2) is 7.62. The lowest BCUT2D eigenvalue weighted by Crippen LogP contribution is -2.39. The molecule has 0 aromatic rings. The van der Waals surface area contributed by atoms with E-state index in [9.17, 15) is 13.2 Å².